The maximum absolute atomic E-state index is 12.9. The molecule has 1 fully saturated rings. The van der Waals surface area contributed by atoms with Crippen LogP contribution in [-0.4, -0.2) is 46.0 Å². The van der Waals surface area contributed by atoms with Gasteiger partial charge in [0.05, 0.1) is 5.69 Å². The summed E-state index contributed by atoms with van der Waals surface area (Å²) >= 11 is 0. The summed E-state index contributed by atoms with van der Waals surface area (Å²) in [5.74, 6) is 0.362. The maximum atomic E-state index is 12.9. The Balaban J connectivity index is 1.36. The average molecular weight is 444 g/mol. The predicted molar refractivity (Wildman–Crippen MR) is 122 cm³/mol. The van der Waals surface area contributed by atoms with E-state index in [2.05, 4.69) is 10.3 Å². The molecule has 1 N–H and O–H groups in total. The fraction of sp³-hybridized carbons (Fsp3) is 0.280. The Morgan fingerprint density at radius 3 is 2.61 bits per heavy atom. The van der Waals surface area contributed by atoms with E-state index in [0.29, 0.717) is 36.8 Å². The molecule has 168 valence electrons. The van der Waals surface area contributed by atoms with Gasteiger partial charge in [-0.25, -0.2) is 0 Å². The van der Waals surface area contributed by atoms with Crippen LogP contribution in [-0.2, 0) is 11.3 Å². The van der Waals surface area contributed by atoms with Gasteiger partial charge in [0, 0.05) is 43.5 Å². The largest absolute Gasteiger partial charge is 0.484 e. The number of pyridine rings is 2. The van der Waals surface area contributed by atoms with E-state index in [9.17, 15) is 14.4 Å². The molecule has 2 aromatic heterocycles. The van der Waals surface area contributed by atoms with E-state index in [-0.39, 0.29) is 35.8 Å². The number of anilines is 1. The van der Waals surface area contributed by atoms with Crippen molar-refractivity contribution in [1.29, 1.82) is 0 Å². The van der Waals surface area contributed by atoms with Gasteiger partial charge in [0.1, 0.15) is 11.4 Å². The quantitative estimate of drug-likeness (QED) is 0.653. The van der Waals surface area contributed by atoms with E-state index in [1.54, 1.807) is 35.0 Å². The first-order valence-electron chi connectivity index (χ1n) is 11.0. The summed E-state index contributed by atoms with van der Waals surface area (Å²) in [7, 11) is 0. The SMILES string of the molecule is O=C(Nc1ccc(=O)n2c1[C@@H]1C[C@@H](CN(C(=O)COc3ccccc3)C1)C2)c1ccccn1. The highest BCUT2D eigenvalue weighted by Gasteiger charge is 2.38. The lowest BCUT2D eigenvalue weighted by molar-refractivity contribution is -0.136. The van der Waals surface area contributed by atoms with Crippen LogP contribution in [0.5, 0.6) is 5.75 Å². The molecule has 8 nitrogen and oxygen atoms in total. The smallest absolute Gasteiger partial charge is 0.274 e. The molecule has 3 aromatic rings. The standard InChI is InChI=1S/C25H24N4O4/c30-22-10-9-20(27-25(32)21-8-4-5-11-26-21)24-18-12-17(14-29(22)24)13-28(15-18)23(31)16-33-19-6-2-1-3-7-19/h1-11,17-18H,12-16H2,(H,27,32)/t17-,18+/m0/s1. The fourth-order valence-corrected chi connectivity index (χ4v) is 4.76. The van der Waals surface area contributed by atoms with Crippen LogP contribution in [0.4, 0.5) is 5.69 Å². The van der Waals surface area contributed by atoms with Crippen LogP contribution in [0, 0.1) is 5.92 Å². The topological polar surface area (TPSA) is 93.5 Å². The minimum atomic E-state index is -0.334. The van der Waals surface area contributed by atoms with Crippen LogP contribution >= 0.6 is 0 Å². The van der Waals surface area contributed by atoms with Crippen LogP contribution in [0.1, 0.15) is 28.5 Å². The summed E-state index contributed by atoms with van der Waals surface area (Å²) in [6.45, 7) is 1.54. The third-order valence-corrected chi connectivity index (χ3v) is 6.19. The highest BCUT2D eigenvalue weighted by Crippen LogP contribution is 2.38. The Kier molecular flexibility index (Phi) is 5.64. The number of hydrogen-bond acceptors (Lipinski definition) is 5. The normalized spacial score (nSPS) is 18.8. The number of nitrogens with zero attached hydrogens (tertiary/aromatic N) is 3. The number of likely N-dealkylation sites (tertiary alicyclic amines) is 1. The Bertz CT molecular complexity index is 1230. The Morgan fingerprint density at radius 1 is 1.00 bits per heavy atom. The number of ether oxygens (including phenoxy) is 1. The highest BCUT2D eigenvalue weighted by molar-refractivity contribution is 6.03. The van der Waals surface area contributed by atoms with Crippen LogP contribution in [0.2, 0.25) is 0 Å². The predicted octanol–water partition coefficient (Wildman–Crippen LogP) is 2.52. The molecule has 5 rings (SSSR count). The van der Waals surface area contributed by atoms with E-state index in [4.69, 9.17) is 4.74 Å². The van der Waals surface area contributed by atoms with Crippen LogP contribution in [0.25, 0.3) is 0 Å². The number of carbonyl (C=O) groups excluding carboxylic acids is 2. The zero-order valence-electron chi connectivity index (χ0n) is 18.0. The molecule has 2 aliphatic heterocycles. The van der Waals surface area contributed by atoms with Gasteiger partial charge in [-0.3, -0.25) is 19.4 Å². The number of carbonyl (C=O) groups is 2. The number of fused-ring (bicyclic) bond motifs is 4. The minimum absolute atomic E-state index is 0.0334. The second-order valence-corrected chi connectivity index (χ2v) is 8.45. The average Bonchev–Trinajstić information content (AvgIpc) is 2.85. The van der Waals surface area contributed by atoms with Crippen molar-refractivity contribution in [3.05, 3.63) is 88.6 Å². The third-order valence-electron chi connectivity index (χ3n) is 6.19. The molecule has 2 amide bonds. The zero-order chi connectivity index (χ0) is 22.8. The van der Waals surface area contributed by atoms with Crippen LogP contribution in [0.3, 0.4) is 0 Å². The second kappa shape index (κ2) is 8.90. The number of benzene rings is 1. The van der Waals surface area contributed by atoms with Gasteiger partial charge in [0.2, 0.25) is 0 Å². The van der Waals surface area contributed by atoms with Gasteiger partial charge in [0.25, 0.3) is 17.4 Å². The zero-order valence-corrected chi connectivity index (χ0v) is 18.0. The van der Waals surface area contributed by atoms with Crippen molar-refractivity contribution >= 4 is 17.5 Å². The van der Waals surface area contributed by atoms with Crippen LogP contribution < -0.4 is 15.6 Å². The van der Waals surface area contributed by atoms with Crippen molar-refractivity contribution in [3.63, 3.8) is 0 Å². The molecule has 1 aromatic carbocycles. The summed E-state index contributed by atoms with van der Waals surface area (Å²) in [6.07, 6.45) is 2.42. The molecule has 2 bridgehead atoms. The van der Waals surface area contributed by atoms with Gasteiger partial charge in [0.15, 0.2) is 6.61 Å². The van der Waals surface area contributed by atoms with Gasteiger partial charge >= 0.3 is 0 Å². The number of amides is 2. The monoisotopic (exact) mass is 444 g/mol. The molecule has 33 heavy (non-hydrogen) atoms. The number of aromatic nitrogens is 2. The summed E-state index contributed by atoms with van der Waals surface area (Å²) in [4.78, 5) is 44.1. The molecule has 0 radical (unpaired) electrons. The molecular weight excluding hydrogens is 420 g/mol. The number of hydrogen-bond donors (Lipinski definition) is 1. The first-order valence-corrected chi connectivity index (χ1v) is 11.0. The summed E-state index contributed by atoms with van der Waals surface area (Å²) in [5.41, 5.74) is 1.56. The van der Waals surface area contributed by atoms with E-state index in [1.165, 1.54) is 6.07 Å². The van der Waals surface area contributed by atoms with Gasteiger partial charge in [-0.2, -0.15) is 0 Å². The third kappa shape index (κ3) is 4.37. The lowest BCUT2D eigenvalue weighted by Gasteiger charge is -2.43. The molecule has 0 unspecified atom stereocenters. The summed E-state index contributed by atoms with van der Waals surface area (Å²) in [5, 5.41) is 2.92. The fourth-order valence-electron chi connectivity index (χ4n) is 4.76. The summed E-state index contributed by atoms with van der Waals surface area (Å²) in [6, 6.07) is 17.5. The maximum Gasteiger partial charge on any atom is 0.274 e. The van der Waals surface area contributed by atoms with Gasteiger partial charge in [-0.05, 0) is 42.7 Å². The summed E-state index contributed by atoms with van der Waals surface area (Å²) < 4.78 is 7.39. The van der Waals surface area contributed by atoms with Gasteiger partial charge in [-0.15, -0.1) is 0 Å². The minimum Gasteiger partial charge on any atom is -0.484 e. The van der Waals surface area contributed by atoms with Gasteiger partial charge in [-0.1, -0.05) is 24.3 Å². The van der Waals surface area contributed by atoms with Crippen molar-refractivity contribution in [2.24, 2.45) is 5.92 Å². The number of para-hydroxylation sites is 1. The van der Waals surface area contributed by atoms with E-state index < -0.39 is 0 Å². The highest BCUT2D eigenvalue weighted by atomic mass is 16.5. The Morgan fingerprint density at radius 2 is 1.82 bits per heavy atom. The first kappa shape index (κ1) is 20.9. The van der Waals surface area contributed by atoms with Crippen molar-refractivity contribution in [2.45, 2.75) is 18.9 Å². The second-order valence-electron chi connectivity index (χ2n) is 8.45. The molecule has 4 heterocycles. The van der Waals surface area contributed by atoms with E-state index in [1.807, 2.05) is 35.2 Å². The number of piperidine rings is 1. The Hall–Kier alpha value is -3.94. The molecule has 1 saturated heterocycles. The van der Waals surface area contributed by atoms with Crippen molar-refractivity contribution in [1.82, 2.24) is 14.5 Å². The first-order chi connectivity index (χ1) is 16.1. The van der Waals surface area contributed by atoms with Gasteiger partial charge < -0.3 is 19.5 Å². The van der Waals surface area contributed by atoms with Crippen LogP contribution in [0.15, 0.2) is 71.7 Å². The lowest BCUT2D eigenvalue weighted by Crippen LogP contribution is -2.50. The van der Waals surface area contributed by atoms with Crippen molar-refractivity contribution in [3.8, 4) is 5.75 Å². The number of nitrogens with one attached hydrogen (secondary N) is 1. The Labute approximate surface area is 190 Å². The lowest BCUT2D eigenvalue weighted by atomic mass is 9.82. The number of rotatable bonds is 5. The molecule has 0 saturated carbocycles. The van der Waals surface area contributed by atoms with E-state index >= 15 is 0 Å². The molecule has 0 aliphatic carbocycles. The molecule has 0 spiro atoms. The molecule has 2 aliphatic rings. The molecular formula is C25H24N4O4. The molecule has 2 atom stereocenters. The van der Waals surface area contributed by atoms with E-state index in [0.717, 1.165) is 12.1 Å². The van der Waals surface area contributed by atoms with Crippen molar-refractivity contribution < 1.29 is 14.3 Å². The van der Waals surface area contributed by atoms with Crippen molar-refractivity contribution in [2.75, 3.05) is 25.0 Å². The molecule has 8 heteroatoms.